The van der Waals surface area contributed by atoms with Crippen molar-refractivity contribution in [2.24, 2.45) is 17.8 Å². The number of carboxylic acid groups (broad SMARTS) is 1. The highest BCUT2D eigenvalue weighted by Gasteiger charge is 2.51. The van der Waals surface area contributed by atoms with E-state index >= 15 is 0 Å². The van der Waals surface area contributed by atoms with Crippen molar-refractivity contribution < 1.29 is 9.90 Å². The summed E-state index contributed by atoms with van der Waals surface area (Å²) < 4.78 is 0.951. The summed E-state index contributed by atoms with van der Waals surface area (Å²) in [5, 5.41) is 13.8. The van der Waals surface area contributed by atoms with Gasteiger partial charge in [0.05, 0.1) is 5.92 Å². The predicted molar refractivity (Wildman–Crippen MR) is 86.4 cm³/mol. The number of halogens is 2. The molecule has 5 heteroatoms. The number of rotatable bonds is 4. The summed E-state index contributed by atoms with van der Waals surface area (Å²) >= 11 is 9.71. The third-order valence-electron chi connectivity index (χ3n) is 5.07. The van der Waals surface area contributed by atoms with Crippen LogP contribution < -0.4 is 5.32 Å². The number of nitrogens with one attached hydrogen (secondary N) is 1. The van der Waals surface area contributed by atoms with Gasteiger partial charge in [0.1, 0.15) is 0 Å². The van der Waals surface area contributed by atoms with Gasteiger partial charge in [0.15, 0.2) is 0 Å². The molecule has 0 saturated heterocycles. The fourth-order valence-electron chi connectivity index (χ4n) is 4.12. The molecule has 1 aromatic rings. The number of aliphatic carboxylic acids is 1. The third kappa shape index (κ3) is 2.86. The van der Waals surface area contributed by atoms with Crippen molar-refractivity contribution >= 4 is 33.5 Å². The first-order valence-electron chi connectivity index (χ1n) is 7.41. The van der Waals surface area contributed by atoms with Crippen molar-refractivity contribution in [2.45, 2.75) is 38.3 Å². The molecule has 0 aliphatic heterocycles. The fourth-order valence-corrected chi connectivity index (χ4v) is 4.95. The number of fused-ring (bicyclic) bond motifs is 2. The summed E-state index contributed by atoms with van der Waals surface area (Å²) in [5.74, 6) is -0.0698. The predicted octanol–water partition coefficient (Wildman–Crippen LogP) is 4.25. The van der Waals surface area contributed by atoms with Gasteiger partial charge in [0.25, 0.3) is 0 Å². The van der Waals surface area contributed by atoms with Crippen LogP contribution >= 0.6 is 27.5 Å². The molecule has 1 aromatic carbocycles. The van der Waals surface area contributed by atoms with E-state index in [0.717, 1.165) is 29.3 Å². The molecule has 3 rings (SSSR count). The van der Waals surface area contributed by atoms with Crippen LogP contribution in [0.25, 0.3) is 0 Å². The van der Waals surface area contributed by atoms with E-state index in [4.69, 9.17) is 11.6 Å². The lowest BCUT2D eigenvalue weighted by Gasteiger charge is -2.32. The zero-order valence-electron chi connectivity index (χ0n) is 11.9. The van der Waals surface area contributed by atoms with Gasteiger partial charge >= 0.3 is 5.97 Å². The number of carboxylic acids is 1. The van der Waals surface area contributed by atoms with Crippen molar-refractivity contribution in [2.75, 3.05) is 0 Å². The van der Waals surface area contributed by atoms with Crippen LogP contribution in [-0.4, -0.2) is 17.1 Å². The highest BCUT2D eigenvalue weighted by molar-refractivity contribution is 9.10. The Morgan fingerprint density at radius 1 is 1.43 bits per heavy atom. The van der Waals surface area contributed by atoms with Crippen LogP contribution in [0.2, 0.25) is 5.02 Å². The van der Waals surface area contributed by atoms with Gasteiger partial charge in [-0.05, 0) is 55.7 Å². The molecule has 2 saturated carbocycles. The van der Waals surface area contributed by atoms with Gasteiger partial charge in [-0.3, -0.25) is 4.79 Å². The van der Waals surface area contributed by atoms with Crippen molar-refractivity contribution in [1.82, 2.24) is 5.32 Å². The molecule has 2 aliphatic rings. The topological polar surface area (TPSA) is 49.3 Å². The van der Waals surface area contributed by atoms with Gasteiger partial charge in [-0.15, -0.1) is 0 Å². The largest absolute Gasteiger partial charge is 0.481 e. The summed E-state index contributed by atoms with van der Waals surface area (Å²) in [6.07, 6.45) is 3.26. The van der Waals surface area contributed by atoms with Crippen LogP contribution in [0, 0.1) is 17.8 Å². The quantitative estimate of drug-likeness (QED) is 0.830. The van der Waals surface area contributed by atoms with Crippen LogP contribution in [-0.2, 0) is 4.79 Å². The zero-order valence-corrected chi connectivity index (χ0v) is 14.2. The van der Waals surface area contributed by atoms with E-state index in [9.17, 15) is 9.90 Å². The number of carbonyl (C=O) groups is 1. The average Bonchev–Trinajstić information content (AvgIpc) is 2.98. The molecule has 2 bridgehead atoms. The van der Waals surface area contributed by atoms with Crippen LogP contribution in [0.5, 0.6) is 0 Å². The SMILES string of the molecule is CC(NC1C2CCC(C2)C1C(=O)O)c1ccc(Br)cc1Cl. The van der Waals surface area contributed by atoms with Crippen LogP contribution in [0.1, 0.15) is 37.8 Å². The second-order valence-corrected chi connectivity index (χ2v) is 7.60. The van der Waals surface area contributed by atoms with Gasteiger partial charge in [-0.25, -0.2) is 0 Å². The highest BCUT2D eigenvalue weighted by atomic mass is 79.9. The van der Waals surface area contributed by atoms with Gasteiger partial charge < -0.3 is 10.4 Å². The van der Waals surface area contributed by atoms with E-state index in [1.165, 1.54) is 0 Å². The van der Waals surface area contributed by atoms with E-state index in [2.05, 4.69) is 28.2 Å². The van der Waals surface area contributed by atoms with Gasteiger partial charge in [0.2, 0.25) is 0 Å². The van der Waals surface area contributed by atoms with E-state index < -0.39 is 5.97 Å². The maximum Gasteiger partial charge on any atom is 0.308 e. The zero-order chi connectivity index (χ0) is 15.1. The van der Waals surface area contributed by atoms with Crippen LogP contribution in [0.3, 0.4) is 0 Å². The molecule has 2 fully saturated rings. The Balaban J connectivity index is 1.77. The minimum absolute atomic E-state index is 0.0526. The lowest BCUT2D eigenvalue weighted by atomic mass is 9.84. The van der Waals surface area contributed by atoms with Crippen molar-refractivity contribution in [3.05, 3.63) is 33.3 Å². The molecule has 0 heterocycles. The molecular weight excluding hydrogens is 354 g/mol. The molecule has 0 radical (unpaired) electrons. The first kappa shape index (κ1) is 15.3. The summed E-state index contributed by atoms with van der Waals surface area (Å²) in [7, 11) is 0. The van der Waals surface area contributed by atoms with E-state index in [1.807, 2.05) is 18.2 Å². The number of hydrogen-bond acceptors (Lipinski definition) is 2. The standard InChI is InChI=1S/C16H19BrClNO2/c1-8(12-5-4-11(17)7-13(12)18)19-15-10-3-2-9(6-10)14(15)16(20)21/h4-5,7-10,14-15,19H,2-3,6H2,1H3,(H,20,21). The Labute approximate surface area is 138 Å². The molecule has 0 aromatic heterocycles. The molecule has 2 aliphatic carbocycles. The first-order valence-corrected chi connectivity index (χ1v) is 8.58. The van der Waals surface area contributed by atoms with E-state index in [-0.39, 0.29) is 18.0 Å². The molecular formula is C16H19BrClNO2. The summed E-state index contributed by atoms with van der Waals surface area (Å²) in [6, 6.07) is 5.96. The van der Waals surface area contributed by atoms with Gasteiger partial charge in [0, 0.05) is 21.6 Å². The summed E-state index contributed by atoms with van der Waals surface area (Å²) in [4.78, 5) is 11.6. The second kappa shape index (κ2) is 5.90. The Kier molecular flexibility index (Phi) is 4.30. The van der Waals surface area contributed by atoms with E-state index in [1.54, 1.807) is 0 Å². The van der Waals surface area contributed by atoms with E-state index in [0.29, 0.717) is 16.9 Å². The summed E-state index contributed by atoms with van der Waals surface area (Å²) in [6.45, 7) is 2.06. The van der Waals surface area contributed by atoms with Crippen molar-refractivity contribution in [1.29, 1.82) is 0 Å². The van der Waals surface area contributed by atoms with Gasteiger partial charge in [-0.2, -0.15) is 0 Å². The average molecular weight is 373 g/mol. The Morgan fingerprint density at radius 2 is 2.14 bits per heavy atom. The highest BCUT2D eigenvalue weighted by Crippen LogP contribution is 2.49. The molecule has 5 unspecified atom stereocenters. The molecule has 21 heavy (non-hydrogen) atoms. The number of benzene rings is 1. The summed E-state index contributed by atoms with van der Waals surface area (Å²) in [5.41, 5.74) is 1.02. The first-order chi connectivity index (χ1) is 9.97. The number of hydrogen-bond donors (Lipinski definition) is 2. The molecule has 0 spiro atoms. The monoisotopic (exact) mass is 371 g/mol. The molecule has 2 N–H and O–H groups in total. The Bertz CT molecular complexity index is 565. The Hall–Kier alpha value is -0.580. The van der Waals surface area contributed by atoms with Crippen molar-refractivity contribution in [3.63, 3.8) is 0 Å². The van der Waals surface area contributed by atoms with Crippen molar-refractivity contribution in [3.8, 4) is 0 Å². The van der Waals surface area contributed by atoms with Gasteiger partial charge in [-0.1, -0.05) is 33.6 Å². The minimum atomic E-state index is -0.659. The normalized spacial score (nSPS) is 32.3. The Morgan fingerprint density at radius 3 is 2.81 bits per heavy atom. The lowest BCUT2D eigenvalue weighted by molar-refractivity contribution is -0.144. The molecule has 3 nitrogen and oxygen atoms in total. The molecule has 0 amide bonds. The lowest BCUT2D eigenvalue weighted by Crippen LogP contribution is -2.45. The minimum Gasteiger partial charge on any atom is -0.481 e. The third-order valence-corrected chi connectivity index (χ3v) is 5.89. The molecule has 114 valence electrons. The van der Waals surface area contributed by atoms with Crippen LogP contribution in [0.15, 0.2) is 22.7 Å². The van der Waals surface area contributed by atoms with Crippen LogP contribution in [0.4, 0.5) is 0 Å². The maximum atomic E-state index is 11.6. The second-order valence-electron chi connectivity index (χ2n) is 6.28. The fraction of sp³-hybridized carbons (Fsp3) is 0.562. The maximum absolute atomic E-state index is 11.6. The molecule has 5 atom stereocenters. The smallest absolute Gasteiger partial charge is 0.308 e.